The third-order valence-electron chi connectivity index (χ3n) is 10.8. The van der Waals surface area contributed by atoms with Crippen LogP contribution in [-0.4, -0.2) is 0 Å². The first kappa shape index (κ1) is 33.2. The van der Waals surface area contributed by atoms with Gasteiger partial charge in [0.25, 0.3) is 0 Å². The molecule has 264 valence electrons. The van der Waals surface area contributed by atoms with Crippen molar-refractivity contribution in [3.63, 3.8) is 0 Å². The topological polar surface area (TPSA) is 6.48 Å². The van der Waals surface area contributed by atoms with Gasteiger partial charge in [-0.25, -0.2) is 0 Å². The van der Waals surface area contributed by atoms with Crippen molar-refractivity contribution in [2.75, 3.05) is 9.80 Å². The second-order valence-corrected chi connectivity index (χ2v) is 14.1. The Kier molecular flexibility index (Phi) is 8.55. The maximum absolute atomic E-state index is 2.36. The van der Waals surface area contributed by atoms with E-state index < -0.39 is 0 Å². The summed E-state index contributed by atoms with van der Waals surface area (Å²) in [6.45, 7) is 0. The van der Waals surface area contributed by atoms with Gasteiger partial charge in [0.2, 0.25) is 0 Å². The first-order valence-corrected chi connectivity index (χ1v) is 19.2. The smallest absolute Gasteiger partial charge is 0.0540 e. The Hall–Kier alpha value is -7.42. The Bertz CT molecular complexity index is 2880. The van der Waals surface area contributed by atoms with Crippen LogP contribution in [0.3, 0.4) is 0 Å². The van der Waals surface area contributed by atoms with Gasteiger partial charge in [-0.2, -0.15) is 0 Å². The number of para-hydroxylation sites is 4. The quantitative estimate of drug-likeness (QED) is 0.155. The molecular formula is C54H38N2. The summed E-state index contributed by atoms with van der Waals surface area (Å²) in [7, 11) is 0. The van der Waals surface area contributed by atoms with Gasteiger partial charge in [-0.15, -0.1) is 0 Å². The molecule has 0 spiro atoms. The van der Waals surface area contributed by atoms with Crippen LogP contribution in [0.15, 0.2) is 231 Å². The number of benzene rings is 10. The number of nitrogens with zero attached hydrogens (tertiary/aromatic N) is 2. The monoisotopic (exact) mass is 714 g/mol. The molecule has 2 heteroatoms. The molecule has 0 unspecified atom stereocenters. The number of hydrogen-bond acceptors (Lipinski definition) is 2. The average molecular weight is 715 g/mol. The van der Waals surface area contributed by atoms with Gasteiger partial charge >= 0.3 is 0 Å². The van der Waals surface area contributed by atoms with Crippen LogP contribution >= 0.6 is 0 Å². The van der Waals surface area contributed by atoms with Crippen molar-refractivity contribution in [3.8, 4) is 22.3 Å². The molecule has 10 rings (SSSR count). The molecule has 0 atom stereocenters. The average Bonchev–Trinajstić information content (AvgIpc) is 3.28. The molecule has 0 fully saturated rings. The third kappa shape index (κ3) is 6.04. The fraction of sp³-hybridized carbons (Fsp3) is 0. The van der Waals surface area contributed by atoms with Crippen LogP contribution in [0.25, 0.3) is 54.6 Å². The molecule has 0 amide bonds. The molecule has 0 aromatic heterocycles. The van der Waals surface area contributed by atoms with Crippen molar-refractivity contribution < 1.29 is 0 Å². The number of rotatable bonds is 8. The van der Waals surface area contributed by atoms with E-state index in [1.807, 2.05) is 0 Å². The molecule has 0 aliphatic carbocycles. The van der Waals surface area contributed by atoms with Gasteiger partial charge < -0.3 is 9.80 Å². The highest BCUT2D eigenvalue weighted by molar-refractivity contribution is 6.13. The van der Waals surface area contributed by atoms with E-state index in [0.29, 0.717) is 0 Å². The van der Waals surface area contributed by atoms with E-state index in [1.165, 1.54) is 54.6 Å². The maximum Gasteiger partial charge on any atom is 0.0540 e. The molecule has 2 nitrogen and oxygen atoms in total. The first-order valence-electron chi connectivity index (χ1n) is 19.2. The lowest BCUT2D eigenvalue weighted by atomic mass is 9.89. The zero-order chi connectivity index (χ0) is 37.3. The Labute approximate surface area is 327 Å². The highest BCUT2D eigenvalue weighted by Crippen LogP contribution is 2.44. The second-order valence-electron chi connectivity index (χ2n) is 14.1. The van der Waals surface area contributed by atoms with Gasteiger partial charge in [-0.05, 0) is 122 Å². The van der Waals surface area contributed by atoms with Gasteiger partial charge in [0.05, 0.1) is 5.69 Å². The molecule has 0 saturated carbocycles. The number of anilines is 6. The van der Waals surface area contributed by atoms with E-state index in [1.54, 1.807) is 0 Å². The second kappa shape index (κ2) is 14.4. The van der Waals surface area contributed by atoms with Gasteiger partial charge in [-0.3, -0.25) is 0 Å². The van der Waals surface area contributed by atoms with Crippen LogP contribution in [-0.2, 0) is 0 Å². The van der Waals surface area contributed by atoms with E-state index >= 15 is 0 Å². The zero-order valence-electron chi connectivity index (χ0n) is 30.8. The maximum atomic E-state index is 2.36. The normalized spacial score (nSPS) is 11.2. The SMILES string of the molecule is c1ccc(N(c2ccccc2)c2ccc3cc(-c4ccc(-c5ccc(N(c6ccccc6)c6ccccc6)c6ccccc56)c5ccccc45)ccc3c2)cc1. The minimum Gasteiger partial charge on any atom is -0.310 e. The van der Waals surface area contributed by atoms with E-state index in [-0.39, 0.29) is 0 Å². The highest BCUT2D eigenvalue weighted by Gasteiger charge is 2.19. The first-order chi connectivity index (χ1) is 27.8. The summed E-state index contributed by atoms with van der Waals surface area (Å²) in [4.78, 5) is 4.67. The highest BCUT2D eigenvalue weighted by atomic mass is 15.1. The molecule has 0 bridgehead atoms. The van der Waals surface area contributed by atoms with Gasteiger partial charge in [0, 0.05) is 33.8 Å². The summed E-state index contributed by atoms with van der Waals surface area (Å²) in [5.74, 6) is 0. The van der Waals surface area contributed by atoms with Crippen molar-refractivity contribution in [2.45, 2.75) is 0 Å². The molecule has 0 aliphatic rings. The van der Waals surface area contributed by atoms with Gasteiger partial charge in [0.1, 0.15) is 0 Å². The third-order valence-corrected chi connectivity index (χ3v) is 10.8. The standard InChI is InChI=1S/C54H38N2/c1-5-17-42(18-6-1)55(43-19-7-2-8-20-43)46-32-31-39-37-41(30-29-40(39)38-46)47-33-34-51(49-26-14-13-25-48(47)49)52-35-36-54(53-28-16-15-27-50(52)53)56(44-21-9-3-10-22-44)45-23-11-4-12-24-45/h1-38H. The number of hydrogen-bond donors (Lipinski definition) is 0. The minimum absolute atomic E-state index is 1.13. The molecule has 0 aliphatic heterocycles. The van der Waals surface area contributed by atoms with Crippen LogP contribution in [0.2, 0.25) is 0 Å². The van der Waals surface area contributed by atoms with E-state index in [9.17, 15) is 0 Å². The lowest BCUT2D eigenvalue weighted by Crippen LogP contribution is -2.10. The van der Waals surface area contributed by atoms with Gasteiger partial charge in [-0.1, -0.05) is 158 Å². The summed E-state index contributed by atoms with van der Waals surface area (Å²) < 4.78 is 0. The summed E-state index contributed by atoms with van der Waals surface area (Å²) in [5.41, 5.74) is 11.7. The van der Waals surface area contributed by atoms with Crippen molar-refractivity contribution in [3.05, 3.63) is 231 Å². The van der Waals surface area contributed by atoms with Crippen molar-refractivity contribution >= 4 is 66.4 Å². The Morgan fingerprint density at radius 3 is 1.18 bits per heavy atom. The molecule has 10 aromatic carbocycles. The van der Waals surface area contributed by atoms with Crippen LogP contribution in [0.4, 0.5) is 34.1 Å². The Morgan fingerprint density at radius 1 is 0.232 bits per heavy atom. The molecular weight excluding hydrogens is 677 g/mol. The minimum atomic E-state index is 1.13. The predicted molar refractivity (Wildman–Crippen MR) is 239 cm³/mol. The number of fused-ring (bicyclic) bond motifs is 3. The van der Waals surface area contributed by atoms with E-state index in [4.69, 9.17) is 0 Å². The van der Waals surface area contributed by atoms with E-state index in [0.717, 1.165) is 34.1 Å². The van der Waals surface area contributed by atoms with Crippen molar-refractivity contribution in [1.29, 1.82) is 0 Å². The molecule has 0 N–H and O–H groups in total. The lowest BCUT2D eigenvalue weighted by molar-refractivity contribution is 1.29. The molecule has 0 radical (unpaired) electrons. The van der Waals surface area contributed by atoms with Crippen LogP contribution in [0.5, 0.6) is 0 Å². The summed E-state index contributed by atoms with van der Waals surface area (Å²) in [6.07, 6.45) is 0. The van der Waals surface area contributed by atoms with Crippen LogP contribution in [0.1, 0.15) is 0 Å². The molecule has 0 saturated heterocycles. The predicted octanol–water partition coefficient (Wildman–Crippen LogP) is 15.4. The van der Waals surface area contributed by atoms with Crippen molar-refractivity contribution in [2.24, 2.45) is 0 Å². The fourth-order valence-electron chi connectivity index (χ4n) is 8.22. The van der Waals surface area contributed by atoms with Crippen LogP contribution < -0.4 is 9.80 Å². The molecule has 10 aromatic rings. The fourth-order valence-corrected chi connectivity index (χ4v) is 8.22. The largest absolute Gasteiger partial charge is 0.310 e. The zero-order valence-corrected chi connectivity index (χ0v) is 30.8. The molecule has 0 heterocycles. The molecule has 56 heavy (non-hydrogen) atoms. The van der Waals surface area contributed by atoms with Crippen LogP contribution in [0, 0.1) is 0 Å². The lowest BCUT2D eigenvalue weighted by Gasteiger charge is -2.27. The Balaban J connectivity index is 1.06. The van der Waals surface area contributed by atoms with E-state index in [2.05, 4.69) is 240 Å². The van der Waals surface area contributed by atoms with Crippen molar-refractivity contribution in [1.82, 2.24) is 0 Å². The summed E-state index contributed by atoms with van der Waals surface area (Å²) >= 11 is 0. The Morgan fingerprint density at radius 2 is 0.625 bits per heavy atom. The summed E-state index contributed by atoms with van der Waals surface area (Å²) in [6, 6.07) is 83.0. The summed E-state index contributed by atoms with van der Waals surface area (Å²) in [5, 5.41) is 7.32. The van der Waals surface area contributed by atoms with Gasteiger partial charge in [0.15, 0.2) is 0 Å².